The molecule has 0 aliphatic carbocycles. The maximum Gasteiger partial charge on any atom is 1.00 e. The molecule has 0 heterocycles. The second-order valence-electron chi connectivity index (χ2n) is 7.16. The van der Waals surface area contributed by atoms with Crippen molar-refractivity contribution in [3.63, 3.8) is 0 Å². The fourth-order valence-electron chi connectivity index (χ4n) is 3.10. The second kappa shape index (κ2) is 12.8. The molecule has 37 heavy (non-hydrogen) atoms. The first kappa shape index (κ1) is 33.1. The molecule has 0 unspecified atom stereocenters. The molecule has 2 amide bonds. The largest absolute Gasteiger partial charge is 1.00 e. The molecule has 0 bridgehead atoms. The van der Waals surface area contributed by atoms with E-state index in [1.54, 1.807) is 0 Å². The van der Waals surface area contributed by atoms with Gasteiger partial charge in [-0.25, -0.2) is 16.8 Å². The number of aromatic hydroxyl groups is 1. The third kappa shape index (κ3) is 8.28. The molecular formula is C20H16N4Na2O9S2. The summed E-state index contributed by atoms with van der Waals surface area (Å²) >= 11 is 0. The van der Waals surface area contributed by atoms with Gasteiger partial charge >= 0.3 is 59.1 Å². The van der Waals surface area contributed by atoms with Crippen LogP contribution < -0.4 is 69.7 Å². The van der Waals surface area contributed by atoms with Crippen molar-refractivity contribution in [3.05, 3.63) is 42.5 Å². The summed E-state index contributed by atoms with van der Waals surface area (Å²) in [5, 5.41) is 22.8. The van der Waals surface area contributed by atoms with Gasteiger partial charge in [0, 0.05) is 30.6 Å². The molecule has 17 heteroatoms. The van der Waals surface area contributed by atoms with E-state index in [-0.39, 0.29) is 81.3 Å². The van der Waals surface area contributed by atoms with Gasteiger partial charge in [-0.3, -0.25) is 9.59 Å². The van der Waals surface area contributed by atoms with Crippen LogP contribution in [-0.2, 0) is 29.8 Å². The monoisotopic (exact) mass is 566 g/mol. The van der Waals surface area contributed by atoms with Crippen LogP contribution >= 0.6 is 0 Å². The van der Waals surface area contributed by atoms with E-state index in [2.05, 4.69) is 20.9 Å². The van der Waals surface area contributed by atoms with Crippen LogP contribution in [0.15, 0.2) is 62.5 Å². The van der Waals surface area contributed by atoms with Crippen molar-refractivity contribution in [2.24, 2.45) is 10.2 Å². The summed E-state index contributed by atoms with van der Waals surface area (Å²) in [7, 11) is -10.3. The van der Waals surface area contributed by atoms with E-state index in [1.165, 1.54) is 32.0 Å². The molecule has 13 nitrogen and oxygen atoms in total. The minimum absolute atomic E-state index is 0. The Morgan fingerprint density at radius 1 is 0.784 bits per heavy atom. The number of nitrogens with one attached hydrogen (secondary N) is 2. The van der Waals surface area contributed by atoms with Gasteiger partial charge in [0.2, 0.25) is 11.8 Å². The molecule has 3 aromatic carbocycles. The van der Waals surface area contributed by atoms with Crippen LogP contribution in [0.3, 0.4) is 0 Å². The average Bonchev–Trinajstić information content (AvgIpc) is 2.71. The normalized spacial score (nSPS) is 11.5. The van der Waals surface area contributed by atoms with Crippen LogP contribution in [0.5, 0.6) is 5.75 Å². The SMILES string of the molecule is CC(=O)Nc1ccc(S(=O)(=O)[O-])c(N=Nc2c(S(=O)(=O)[O-])cc3ccc(NC(C)=O)cc3c2O)c1.[Na+].[Na+]. The molecule has 0 aliphatic heterocycles. The zero-order valence-electron chi connectivity index (χ0n) is 20.0. The van der Waals surface area contributed by atoms with Gasteiger partial charge < -0.3 is 24.8 Å². The summed E-state index contributed by atoms with van der Waals surface area (Å²) in [5.74, 6) is -1.75. The van der Waals surface area contributed by atoms with Crippen molar-refractivity contribution in [1.82, 2.24) is 0 Å². The number of hydrogen-bond acceptors (Lipinski definition) is 11. The summed E-state index contributed by atoms with van der Waals surface area (Å²) in [5.41, 5.74) is -1.14. The van der Waals surface area contributed by atoms with Gasteiger partial charge in [0.1, 0.15) is 31.6 Å². The summed E-state index contributed by atoms with van der Waals surface area (Å²) in [6.45, 7) is 2.42. The van der Waals surface area contributed by atoms with Gasteiger partial charge in [-0.15, -0.1) is 10.2 Å². The fraction of sp³-hybridized carbons (Fsp3) is 0.100. The van der Waals surface area contributed by atoms with E-state index < -0.39 is 59.0 Å². The van der Waals surface area contributed by atoms with Crippen LogP contribution in [-0.4, -0.2) is 42.9 Å². The summed E-state index contributed by atoms with van der Waals surface area (Å²) in [4.78, 5) is 20.8. The Kier molecular flexibility index (Phi) is 11.4. The second-order valence-corrected chi connectivity index (χ2v) is 9.86. The minimum Gasteiger partial charge on any atom is -0.744 e. The number of fused-ring (bicyclic) bond motifs is 1. The molecule has 0 fully saturated rings. The van der Waals surface area contributed by atoms with Crippen molar-refractivity contribution in [2.45, 2.75) is 23.6 Å². The van der Waals surface area contributed by atoms with Gasteiger partial charge in [-0.05, 0) is 41.8 Å². The first-order valence-electron chi connectivity index (χ1n) is 9.49. The maximum absolute atomic E-state index is 11.9. The van der Waals surface area contributed by atoms with Gasteiger partial charge in [0.05, 0.1) is 9.79 Å². The number of phenols is 1. The molecule has 0 atom stereocenters. The summed E-state index contributed by atoms with van der Waals surface area (Å²) in [6.07, 6.45) is 0. The Bertz CT molecular complexity index is 1630. The average molecular weight is 566 g/mol. The summed E-state index contributed by atoms with van der Waals surface area (Å²) < 4.78 is 70.4. The van der Waals surface area contributed by atoms with E-state index in [0.717, 1.165) is 24.3 Å². The standard InChI is InChI=1S/C20H18N4O9S2.2Na/c1-10(25)21-13-4-3-12-7-18(35(31,32)33)19(20(27)15(12)8-13)24-23-16-9-14(22-11(2)26)5-6-17(16)34(28,29)30;;/h3-9,27H,1-2H3,(H,21,25)(H,22,26)(H,28,29,30)(H,31,32,33);;/q;2*+1/p-2. The molecule has 0 radical (unpaired) electrons. The molecule has 184 valence electrons. The maximum atomic E-state index is 11.9. The molecular weight excluding hydrogens is 550 g/mol. The van der Waals surface area contributed by atoms with Crippen LogP contribution in [0.1, 0.15) is 13.8 Å². The van der Waals surface area contributed by atoms with Crippen LogP contribution in [0.2, 0.25) is 0 Å². The molecule has 3 aromatic rings. The van der Waals surface area contributed by atoms with Crippen molar-refractivity contribution in [2.75, 3.05) is 10.6 Å². The van der Waals surface area contributed by atoms with Gasteiger partial charge in [-0.2, -0.15) is 0 Å². The van der Waals surface area contributed by atoms with Crippen molar-refractivity contribution in [3.8, 4) is 5.75 Å². The van der Waals surface area contributed by atoms with Gasteiger partial charge in [0.15, 0.2) is 5.75 Å². The summed E-state index contributed by atoms with van der Waals surface area (Å²) in [6, 6.07) is 7.91. The number of azo groups is 1. The van der Waals surface area contributed by atoms with Crippen LogP contribution in [0.25, 0.3) is 10.8 Å². The Hall–Kier alpha value is -1.92. The first-order chi connectivity index (χ1) is 16.2. The predicted molar refractivity (Wildman–Crippen MR) is 121 cm³/mol. The van der Waals surface area contributed by atoms with E-state index in [4.69, 9.17) is 0 Å². The van der Waals surface area contributed by atoms with E-state index in [0.29, 0.717) is 0 Å². The van der Waals surface area contributed by atoms with Gasteiger partial charge in [-0.1, -0.05) is 6.07 Å². The fourth-order valence-corrected chi connectivity index (χ4v) is 4.34. The number of carbonyl (C=O) groups excluding carboxylic acids is 2. The molecule has 3 rings (SSSR count). The molecule has 3 N–H and O–H groups in total. The Balaban J connectivity index is 0.00000342. The smallest absolute Gasteiger partial charge is 0.744 e. The Labute approximate surface area is 255 Å². The molecule has 0 spiro atoms. The topological polar surface area (TPSA) is 218 Å². The van der Waals surface area contributed by atoms with Crippen molar-refractivity contribution in [1.29, 1.82) is 0 Å². The first-order valence-corrected chi connectivity index (χ1v) is 12.3. The molecule has 0 aliphatic rings. The van der Waals surface area contributed by atoms with E-state index >= 15 is 0 Å². The Morgan fingerprint density at radius 2 is 1.30 bits per heavy atom. The molecule has 0 saturated carbocycles. The third-order valence-electron chi connectivity index (χ3n) is 4.45. The number of amides is 2. The zero-order valence-corrected chi connectivity index (χ0v) is 25.6. The Morgan fingerprint density at radius 3 is 1.81 bits per heavy atom. The van der Waals surface area contributed by atoms with Crippen LogP contribution in [0.4, 0.5) is 22.7 Å². The van der Waals surface area contributed by atoms with E-state index in [1.807, 2.05) is 0 Å². The van der Waals surface area contributed by atoms with Crippen molar-refractivity contribution >= 4 is 65.6 Å². The predicted octanol–water partition coefficient (Wildman–Crippen LogP) is -3.31. The van der Waals surface area contributed by atoms with E-state index in [9.17, 15) is 40.6 Å². The van der Waals surface area contributed by atoms with Crippen molar-refractivity contribution < 1.29 is 99.8 Å². The van der Waals surface area contributed by atoms with Gasteiger partial charge in [0.25, 0.3) is 0 Å². The molecule has 0 saturated heterocycles. The van der Waals surface area contributed by atoms with Crippen LogP contribution in [0, 0.1) is 0 Å². The third-order valence-corrected chi connectivity index (χ3v) is 6.18. The number of phenolic OH excluding ortho intramolecular Hbond substituents is 1. The number of hydrogen-bond donors (Lipinski definition) is 3. The minimum atomic E-state index is -5.21. The molecule has 0 aromatic heterocycles. The number of anilines is 2. The quantitative estimate of drug-likeness (QED) is 0.154. The number of nitrogens with zero attached hydrogens (tertiary/aromatic N) is 2. The number of rotatable bonds is 6. The zero-order chi connectivity index (χ0) is 26.1. The number of benzene rings is 3. The number of carbonyl (C=O) groups is 2.